The summed E-state index contributed by atoms with van der Waals surface area (Å²) >= 11 is 12.0. The van der Waals surface area contributed by atoms with Gasteiger partial charge in [0.05, 0.1) is 5.02 Å². The third-order valence-electron chi connectivity index (χ3n) is 4.84. The number of likely N-dealkylation sites (tertiary alicyclic amines) is 1. The van der Waals surface area contributed by atoms with Crippen molar-refractivity contribution in [2.24, 2.45) is 5.92 Å². The van der Waals surface area contributed by atoms with Crippen molar-refractivity contribution in [3.63, 3.8) is 0 Å². The molecule has 1 saturated heterocycles. The largest absolute Gasteiger partial charge is 0.479 e. The molecule has 138 valence electrons. The fourth-order valence-electron chi connectivity index (χ4n) is 3.37. The van der Waals surface area contributed by atoms with Crippen molar-refractivity contribution in [1.82, 2.24) is 4.90 Å². The Bertz CT molecular complexity index is 743. The van der Waals surface area contributed by atoms with Crippen LogP contribution in [0.4, 0.5) is 0 Å². The minimum atomic E-state index is -0.570. The number of nitrogens with zero attached hydrogens (tertiary/aromatic N) is 1. The van der Waals surface area contributed by atoms with Gasteiger partial charge in [-0.15, -0.1) is 0 Å². The van der Waals surface area contributed by atoms with Gasteiger partial charge in [0, 0.05) is 18.1 Å². The molecule has 1 aliphatic rings. The predicted molar refractivity (Wildman–Crippen MR) is 106 cm³/mol. The van der Waals surface area contributed by atoms with Crippen molar-refractivity contribution in [1.29, 1.82) is 0 Å². The Kier molecular flexibility index (Phi) is 6.44. The van der Waals surface area contributed by atoms with Crippen LogP contribution in [0.5, 0.6) is 5.75 Å². The molecule has 0 radical (unpaired) electrons. The Morgan fingerprint density at radius 2 is 1.85 bits per heavy atom. The summed E-state index contributed by atoms with van der Waals surface area (Å²) < 4.78 is 5.76. The van der Waals surface area contributed by atoms with Crippen LogP contribution >= 0.6 is 23.2 Å². The van der Waals surface area contributed by atoms with Crippen molar-refractivity contribution in [2.45, 2.75) is 32.3 Å². The molecule has 2 aromatic carbocycles. The Balaban J connectivity index is 1.51. The lowest BCUT2D eigenvalue weighted by Gasteiger charge is -2.33. The van der Waals surface area contributed by atoms with E-state index in [1.165, 1.54) is 5.56 Å². The number of piperidine rings is 1. The highest BCUT2D eigenvalue weighted by Crippen LogP contribution is 2.29. The van der Waals surface area contributed by atoms with Crippen molar-refractivity contribution in [2.75, 3.05) is 13.1 Å². The van der Waals surface area contributed by atoms with Crippen LogP contribution in [0.25, 0.3) is 0 Å². The molecule has 1 heterocycles. The zero-order valence-corrected chi connectivity index (χ0v) is 16.3. The van der Waals surface area contributed by atoms with Crippen LogP contribution in [0.2, 0.25) is 10.0 Å². The Morgan fingerprint density at radius 1 is 1.15 bits per heavy atom. The molecule has 1 amide bonds. The average Bonchev–Trinajstić information content (AvgIpc) is 2.65. The SMILES string of the molecule is C[C@@H](Oc1ccc(Cl)cc1Cl)C(=O)N1CCC(Cc2ccccc2)CC1. The second-order valence-corrected chi connectivity index (χ2v) is 7.64. The molecule has 0 bridgehead atoms. The summed E-state index contributed by atoms with van der Waals surface area (Å²) in [6, 6.07) is 15.6. The van der Waals surface area contributed by atoms with Crippen LogP contribution in [-0.4, -0.2) is 30.0 Å². The average molecular weight is 392 g/mol. The van der Waals surface area contributed by atoms with E-state index >= 15 is 0 Å². The van der Waals surface area contributed by atoms with Crippen LogP contribution in [0.3, 0.4) is 0 Å². The van der Waals surface area contributed by atoms with Gasteiger partial charge in [-0.05, 0) is 55.9 Å². The molecule has 5 heteroatoms. The Hall–Kier alpha value is -1.71. The first kappa shape index (κ1) is 19.1. The maximum absolute atomic E-state index is 12.7. The van der Waals surface area contributed by atoms with Crippen LogP contribution < -0.4 is 4.74 Å². The summed E-state index contributed by atoms with van der Waals surface area (Å²) in [6.45, 7) is 3.32. The molecule has 1 fully saturated rings. The Labute approximate surface area is 164 Å². The molecule has 0 aromatic heterocycles. The number of carbonyl (C=O) groups excluding carboxylic acids is 1. The summed E-state index contributed by atoms with van der Waals surface area (Å²) in [5.41, 5.74) is 1.37. The topological polar surface area (TPSA) is 29.5 Å². The zero-order chi connectivity index (χ0) is 18.5. The lowest BCUT2D eigenvalue weighted by Crippen LogP contribution is -2.45. The van der Waals surface area contributed by atoms with Crippen LogP contribution in [0.15, 0.2) is 48.5 Å². The van der Waals surface area contributed by atoms with Gasteiger partial charge in [-0.3, -0.25) is 4.79 Å². The molecule has 3 nitrogen and oxygen atoms in total. The smallest absolute Gasteiger partial charge is 0.263 e. The van der Waals surface area contributed by atoms with Gasteiger partial charge < -0.3 is 9.64 Å². The first-order chi connectivity index (χ1) is 12.5. The van der Waals surface area contributed by atoms with E-state index in [2.05, 4.69) is 24.3 Å². The van der Waals surface area contributed by atoms with Gasteiger partial charge in [0.25, 0.3) is 5.91 Å². The highest BCUT2D eigenvalue weighted by Gasteiger charge is 2.27. The van der Waals surface area contributed by atoms with E-state index < -0.39 is 6.10 Å². The van der Waals surface area contributed by atoms with Crippen molar-refractivity contribution in [3.8, 4) is 5.75 Å². The molecule has 0 unspecified atom stereocenters. The second-order valence-electron chi connectivity index (χ2n) is 6.79. The Morgan fingerprint density at radius 3 is 2.50 bits per heavy atom. The second kappa shape index (κ2) is 8.79. The van der Waals surface area contributed by atoms with Crippen LogP contribution in [0, 0.1) is 5.92 Å². The van der Waals surface area contributed by atoms with E-state index in [1.54, 1.807) is 25.1 Å². The minimum Gasteiger partial charge on any atom is -0.479 e. The first-order valence-electron chi connectivity index (χ1n) is 8.97. The van der Waals surface area contributed by atoms with Gasteiger partial charge in [0.15, 0.2) is 6.10 Å². The molecule has 3 rings (SSSR count). The molecule has 2 aromatic rings. The van der Waals surface area contributed by atoms with E-state index in [0.717, 1.165) is 32.4 Å². The maximum Gasteiger partial charge on any atom is 0.263 e. The quantitative estimate of drug-likeness (QED) is 0.696. The van der Waals surface area contributed by atoms with E-state index in [9.17, 15) is 4.79 Å². The normalized spacial score (nSPS) is 16.3. The minimum absolute atomic E-state index is 0.00850. The summed E-state index contributed by atoms with van der Waals surface area (Å²) in [7, 11) is 0. The predicted octanol–water partition coefficient (Wildman–Crippen LogP) is 5.24. The van der Waals surface area contributed by atoms with Crippen molar-refractivity contribution in [3.05, 3.63) is 64.1 Å². The van der Waals surface area contributed by atoms with Crippen molar-refractivity contribution < 1.29 is 9.53 Å². The molecule has 0 spiro atoms. The van der Waals surface area contributed by atoms with Gasteiger partial charge >= 0.3 is 0 Å². The summed E-state index contributed by atoms with van der Waals surface area (Å²) in [6.07, 6.45) is 2.55. The fraction of sp³-hybridized carbons (Fsp3) is 0.381. The van der Waals surface area contributed by atoms with Crippen LogP contribution in [0.1, 0.15) is 25.3 Å². The number of amides is 1. The molecule has 26 heavy (non-hydrogen) atoms. The van der Waals surface area contributed by atoms with Gasteiger partial charge in [0.2, 0.25) is 0 Å². The molecule has 1 atom stereocenters. The molecule has 0 saturated carbocycles. The summed E-state index contributed by atoms with van der Waals surface area (Å²) in [5.74, 6) is 1.12. The maximum atomic E-state index is 12.7. The summed E-state index contributed by atoms with van der Waals surface area (Å²) in [4.78, 5) is 14.6. The number of halogens is 2. The molecule has 1 aliphatic heterocycles. The molecule has 0 aliphatic carbocycles. The summed E-state index contributed by atoms with van der Waals surface area (Å²) in [5, 5.41) is 0.959. The molecular weight excluding hydrogens is 369 g/mol. The third-order valence-corrected chi connectivity index (χ3v) is 5.37. The van der Waals surface area contributed by atoms with E-state index in [0.29, 0.717) is 21.7 Å². The highest BCUT2D eigenvalue weighted by atomic mass is 35.5. The fourth-order valence-corrected chi connectivity index (χ4v) is 3.83. The number of hydrogen-bond donors (Lipinski definition) is 0. The number of rotatable bonds is 5. The third kappa shape index (κ3) is 4.93. The van der Waals surface area contributed by atoms with Gasteiger partial charge in [-0.25, -0.2) is 0 Å². The van der Waals surface area contributed by atoms with Gasteiger partial charge in [0.1, 0.15) is 5.75 Å². The number of ether oxygens (including phenoxy) is 1. The standard InChI is InChI=1S/C21H23Cl2NO2/c1-15(26-20-8-7-18(22)14-19(20)23)21(25)24-11-9-17(10-12-24)13-16-5-3-2-4-6-16/h2-8,14-15,17H,9-13H2,1H3/t15-/m1/s1. The van der Waals surface area contributed by atoms with Gasteiger partial charge in [-0.1, -0.05) is 53.5 Å². The number of benzene rings is 2. The van der Waals surface area contributed by atoms with Crippen LogP contribution in [-0.2, 0) is 11.2 Å². The number of carbonyl (C=O) groups is 1. The molecule has 0 N–H and O–H groups in total. The monoisotopic (exact) mass is 391 g/mol. The first-order valence-corrected chi connectivity index (χ1v) is 9.73. The molecular formula is C21H23Cl2NO2. The lowest BCUT2D eigenvalue weighted by molar-refractivity contribution is -0.139. The van der Waals surface area contributed by atoms with E-state index in [1.807, 2.05) is 11.0 Å². The van der Waals surface area contributed by atoms with E-state index in [-0.39, 0.29) is 5.91 Å². The highest BCUT2D eigenvalue weighted by molar-refractivity contribution is 6.35. The number of hydrogen-bond acceptors (Lipinski definition) is 2. The van der Waals surface area contributed by atoms with E-state index in [4.69, 9.17) is 27.9 Å². The van der Waals surface area contributed by atoms with Gasteiger partial charge in [-0.2, -0.15) is 0 Å². The zero-order valence-electron chi connectivity index (χ0n) is 14.8. The van der Waals surface area contributed by atoms with Crippen molar-refractivity contribution >= 4 is 29.1 Å². The lowest BCUT2D eigenvalue weighted by atomic mass is 9.90.